The second-order valence-electron chi connectivity index (χ2n) is 3.47. The highest BCUT2D eigenvalue weighted by molar-refractivity contribution is 7.13. The number of hydrogen-bond donors (Lipinski definition) is 0. The van der Waals surface area contributed by atoms with Crippen LogP contribution in [0.4, 0.5) is 0 Å². The fourth-order valence-corrected chi connectivity index (χ4v) is 2.22. The van der Waals surface area contributed by atoms with Crippen LogP contribution >= 0.6 is 11.3 Å². The Morgan fingerprint density at radius 1 is 1.67 bits per heavy atom. The number of nitrogens with zero attached hydrogens (tertiary/aromatic N) is 2. The fourth-order valence-electron chi connectivity index (χ4n) is 1.54. The van der Waals surface area contributed by atoms with E-state index in [4.69, 9.17) is 11.2 Å². The molecule has 0 aliphatic carbocycles. The molecule has 0 amide bonds. The number of rotatable bonds is 4. The van der Waals surface area contributed by atoms with E-state index in [2.05, 4.69) is 11.0 Å². The zero-order chi connectivity index (χ0) is 13.0. The molecular weight excluding hydrogens is 248 g/mol. The van der Waals surface area contributed by atoms with Crippen molar-refractivity contribution in [2.75, 3.05) is 6.61 Å². The lowest BCUT2D eigenvalue weighted by atomic mass is 10.3. The molecule has 0 aliphatic rings. The van der Waals surface area contributed by atoms with Crippen LogP contribution in [0, 0.1) is 12.3 Å². The highest BCUT2D eigenvalue weighted by Gasteiger charge is 2.17. The number of esters is 1. The van der Waals surface area contributed by atoms with Crippen molar-refractivity contribution in [2.45, 2.75) is 13.5 Å². The monoisotopic (exact) mass is 260 g/mol. The highest BCUT2D eigenvalue weighted by atomic mass is 32.1. The van der Waals surface area contributed by atoms with E-state index in [1.165, 1.54) is 4.68 Å². The van der Waals surface area contributed by atoms with E-state index in [1.807, 2.05) is 17.5 Å². The molecule has 2 heterocycles. The van der Waals surface area contributed by atoms with Crippen LogP contribution in [0.2, 0.25) is 0 Å². The van der Waals surface area contributed by atoms with Gasteiger partial charge in [-0.05, 0) is 24.4 Å². The Hall–Kier alpha value is -2.06. The van der Waals surface area contributed by atoms with E-state index in [-0.39, 0.29) is 6.54 Å². The Kier molecular flexibility index (Phi) is 3.80. The van der Waals surface area contributed by atoms with Crippen LogP contribution in [0.15, 0.2) is 23.6 Å². The maximum atomic E-state index is 11.8. The van der Waals surface area contributed by atoms with Crippen molar-refractivity contribution < 1.29 is 9.53 Å². The summed E-state index contributed by atoms with van der Waals surface area (Å²) < 4.78 is 6.47. The van der Waals surface area contributed by atoms with Gasteiger partial charge in [0.2, 0.25) is 0 Å². The summed E-state index contributed by atoms with van der Waals surface area (Å²) in [5.41, 5.74) is 1.13. The standard InChI is InChI=1S/C13H12N2O2S/c1-3-7-15-11(13(16)17-4-2)9-10(14-15)12-6-5-8-18-12/h1,5-6,8-9H,4,7H2,2H3. The van der Waals surface area contributed by atoms with Crippen molar-refractivity contribution in [1.29, 1.82) is 0 Å². The normalized spacial score (nSPS) is 10.0. The first-order valence-electron chi connectivity index (χ1n) is 5.48. The fraction of sp³-hybridized carbons (Fsp3) is 0.231. The molecule has 0 saturated carbocycles. The van der Waals surface area contributed by atoms with Crippen LogP contribution in [-0.4, -0.2) is 22.4 Å². The number of hydrogen-bond acceptors (Lipinski definition) is 4. The highest BCUT2D eigenvalue weighted by Crippen LogP contribution is 2.24. The summed E-state index contributed by atoms with van der Waals surface area (Å²) in [7, 11) is 0. The summed E-state index contributed by atoms with van der Waals surface area (Å²) in [5, 5.41) is 6.29. The molecule has 2 aromatic rings. The smallest absolute Gasteiger partial charge is 0.356 e. The van der Waals surface area contributed by atoms with Gasteiger partial charge >= 0.3 is 5.97 Å². The molecule has 0 spiro atoms. The van der Waals surface area contributed by atoms with Crippen molar-refractivity contribution in [2.24, 2.45) is 0 Å². The predicted octanol–water partition coefficient (Wildman–Crippen LogP) is 2.42. The lowest BCUT2D eigenvalue weighted by Crippen LogP contribution is -2.12. The van der Waals surface area contributed by atoms with Gasteiger partial charge < -0.3 is 4.74 Å². The Morgan fingerprint density at radius 3 is 3.11 bits per heavy atom. The Bertz CT molecular complexity index is 579. The molecule has 18 heavy (non-hydrogen) atoms. The molecule has 0 aliphatic heterocycles. The molecule has 0 atom stereocenters. The maximum absolute atomic E-state index is 11.8. The lowest BCUT2D eigenvalue weighted by Gasteiger charge is -2.02. The third-order valence-electron chi connectivity index (χ3n) is 2.28. The average Bonchev–Trinajstić information content (AvgIpc) is 2.97. The van der Waals surface area contributed by atoms with Gasteiger partial charge in [0.05, 0.1) is 11.5 Å². The van der Waals surface area contributed by atoms with Gasteiger partial charge in [-0.2, -0.15) is 5.10 Å². The van der Waals surface area contributed by atoms with E-state index in [0.717, 1.165) is 10.6 Å². The van der Waals surface area contributed by atoms with Gasteiger partial charge in [-0.15, -0.1) is 17.8 Å². The van der Waals surface area contributed by atoms with Crippen molar-refractivity contribution in [1.82, 2.24) is 9.78 Å². The third-order valence-corrected chi connectivity index (χ3v) is 3.17. The van der Waals surface area contributed by atoms with Gasteiger partial charge in [0.25, 0.3) is 0 Å². The quantitative estimate of drug-likeness (QED) is 0.626. The number of terminal acetylenes is 1. The molecule has 0 bridgehead atoms. The summed E-state index contributed by atoms with van der Waals surface area (Å²) in [6.07, 6.45) is 5.27. The van der Waals surface area contributed by atoms with Crippen LogP contribution in [0.25, 0.3) is 10.6 Å². The molecule has 0 N–H and O–H groups in total. The lowest BCUT2D eigenvalue weighted by molar-refractivity contribution is 0.0513. The predicted molar refractivity (Wildman–Crippen MR) is 70.3 cm³/mol. The zero-order valence-corrected chi connectivity index (χ0v) is 10.7. The minimum absolute atomic E-state index is 0.250. The number of ether oxygens (including phenoxy) is 1. The van der Waals surface area contributed by atoms with E-state index < -0.39 is 5.97 Å². The van der Waals surface area contributed by atoms with Gasteiger partial charge in [0.1, 0.15) is 17.9 Å². The minimum Gasteiger partial charge on any atom is -0.461 e. The molecule has 0 saturated heterocycles. The molecule has 2 aromatic heterocycles. The summed E-state index contributed by atoms with van der Waals surface area (Å²) in [6, 6.07) is 5.59. The first-order valence-corrected chi connectivity index (χ1v) is 6.36. The first kappa shape index (κ1) is 12.4. The second-order valence-corrected chi connectivity index (χ2v) is 4.42. The third kappa shape index (κ3) is 2.44. The minimum atomic E-state index is -0.400. The molecule has 5 heteroatoms. The molecule has 2 rings (SSSR count). The van der Waals surface area contributed by atoms with Crippen molar-refractivity contribution >= 4 is 17.3 Å². The summed E-state index contributed by atoms with van der Waals surface area (Å²) >= 11 is 1.56. The van der Waals surface area contributed by atoms with E-state index in [1.54, 1.807) is 24.3 Å². The second kappa shape index (κ2) is 5.52. The van der Waals surface area contributed by atoms with Crippen LogP contribution in [0.5, 0.6) is 0 Å². The largest absolute Gasteiger partial charge is 0.461 e. The summed E-state index contributed by atoms with van der Waals surface area (Å²) in [5.74, 6) is 2.08. The molecule has 92 valence electrons. The van der Waals surface area contributed by atoms with Crippen molar-refractivity contribution in [3.63, 3.8) is 0 Å². The molecular formula is C13H12N2O2S. The Balaban J connectivity index is 2.39. The van der Waals surface area contributed by atoms with Gasteiger partial charge in [-0.25, -0.2) is 9.48 Å². The van der Waals surface area contributed by atoms with Crippen LogP contribution in [0.3, 0.4) is 0 Å². The van der Waals surface area contributed by atoms with Crippen LogP contribution in [0.1, 0.15) is 17.4 Å². The Labute approximate surface area is 109 Å². The molecule has 4 nitrogen and oxygen atoms in total. The van der Waals surface area contributed by atoms with Gasteiger partial charge in [0.15, 0.2) is 0 Å². The maximum Gasteiger partial charge on any atom is 0.356 e. The Morgan fingerprint density at radius 2 is 2.50 bits per heavy atom. The number of thiophene rings is 1. The van der Waals surface area contributed by atoms with E-state index >= 15 is 0 Å². The topological polar surface area (TPSA) is 44.1 Å². The van der Waals surface area contributed by atoms with Gasteiger partial charge in [0, 0.05) is 0 Å². The molecule has 0 unspecified atom stereocenters. The number of carbonyl (C=O) groups excluding carboxylic acids is 1. The van der Waals surface area contributed by atoms with E-state index in [0.29, 0.717) is 12.3 Å². The van der Waals surface area contributed by atoms with Crippen LogP contribution < -0.4 is 0 Å². The average molecular weight is 260 g/mol. The van der Waals surface area contributed by atoms with Crippen molar-refractivity contribution in [3.8, 4) is 22.9 Å². The SMILES string of the molecule is C#CCn1nc(-c2cccs2)cc1C(=O)OCC. The number of carbonyl (C=O) groups is 1. The molecule has 0 fully saturated rings. The van der Waals surface area contributed by atoms with Gasteiger partial charge in [-0.3, -0.25) is 0 Å². The van der Waals surface area contributed by atoms with Crippen molar-refractivity contribution in [3.05, 3.63) is 29.3 Å². The number of aromatic nitrogens is 2. The van der Waals surface area contributed by atoms with Gasteiger partial charge in [-0.1, -0.05) is 12.0 Å². The zero-order valence-electron chi connectivity index (χ0n) is 9.92. The summed E-state index contributed by atoms with van der Waals surface area (Å²) in [4.78, 5) is 12.8. The van der Waals surface area contributed by atoms with E-state index in [9.17, 15) is 4.79 Å². The first-order chi connectivity index (χ1) is 8.76. The van der Waals surface area contributed by atoms with Crippen LogP contribution in [-0.2, 0) is 11.3 Å². The summed E-state index contributed by atoms with van der Waals surface area (Å²) in [6.45, 7) is 2.34. The molecule has 0 aromatic carbocycles. The molecule has 0 radical (unpaired) electrons.